The smallest absolute Gasteiger partial charge is 0.0930 e. The van der Waals surface area contributed by atoms with Gasteiger partial charge >= 0.3 is 0 Å². The van der Waals surface area contributed by atoms with Crippen LogP contribution in [-0.4, -0.2) is 6.34 Å². The summed E-state index contributed by atoms with van der Waals surface area (Å²) in [5.41, 5.74) is 4.71. The van der Waals surface area contributed by atoms with Gasteiger partial charge < -0.3 is 5.32 Å². The Morgan fingerprint density at radius 1 is 0.842 bits per heavy atom. The molecule has 0 fully saturated rings. The Kier molecular flexibility index (Phi) is 4.73. The molecule has 0 spiro atoms. The summed E-state index contributed by atoms with van der Waals surface area (Å²) >= 11 is 0. The lowest BCUT2D eigenvalue weighted by molar-refractivity contribution is 1.14. The number of benzene rings is 2. The third kappa shape index (κ3) is 3.95. The lowest BCUT2D eigenvalue weighted by atomic mass is 10.1. The maximum absolute atomic E-state index is 4.38. The van der Waals surface area contributed by atoms with Crippen LogP contribution >= 0.6 is 0 Å². The van der Waals surface area contributed by atoms with E-state index in [0.29, 0.717) is 0 Å². The number of aryl methyl sites for hydroxylation is 2. The van der Waals surface area contributed by atoms with Crippen molar-refractivity contribution >= 4 is 17.7 Å². The highest BCUT2D eigenvalue weighted by molar-refractivity contribution is 5.77. The fourth-order valence-electron chi connectivity index (χ4n) is 1.84. The highest BCUT2D eigenvalue weighted by Crippen LogP contribution is 2.13. The number of aliphatic imine (C=N–C) groups is 1. The standard InChI is InChI=1S/C17H20N2/c1-3-14-5-9-16(10-6-14)18-13-19-17-11-7-15(4-2)8-12-17/h5-13H,3-4H2,1-2H3,(H,18,19). The second-order valence-corrected chi connectivity index (χ2v) is 4.47. The summed E-state index contributed by atoms with van der Waals surface area (Å²) in [4.78, 5) is 4.38. The van der Waals surface area contributed by atoms with Crippen LogP contribution in [0.4, 0.5) is 11.4 Å². The molecule has 0 atom stereocenters. The summed E-state index contributed by atoms with van der Waals surface area (Å²) < 4.78 is 0. The predicted octanol–water partition coefficient (Wildman–Crippen LogP) is 4.58. The van der Waals surface area contributed by atoms with Crippen molar-refractivity contribution < 1.29 is 0 Å². The number of rotatable bonds is 5. The molecule has 0 saturated carbocycles. The largest absolute Gasteiger partial charge is 0.346 e. The molecule has 98 valence electrons. The number of nitrogens with zero attached hydrogens (tertiary/aromatic N) is 1. The molecule has 1 N–H and O–H groups in total. The highest BCUT2D eigenvalue weighted by Gasteiger charge is 1.91. The molecule has 0 aromatic heterocycles. The maximum atomic E-state index is 4.38. The molecule has 19 heavy (non-hydrogen) atoms. The molecule has 0 aliphatic heterocycles. The predicted molar refractivity (Wildman–Crippen MR) is 83.4 cm³/mol. The van der Waals surface area contributed by atoms with E-state index in [0.717, 1.165) is 24.2 Å². The number of anilines is 1. The fourth-order valence-corrected chi connectivity index (χ4v) is 1.84. The number of nitrogens with one attached hydrogen (secondary N) is 1. The van der Waals surface area contributed by atoms with Crippen molar-refractivity contribution in [1.82, 2.24) is 0 Å². The van der Waals surface area contributed by atoms with E-state index in [1.165, 1.54) is 11.1 Å². The lowest BCUT2D eigenvalue weighted by Crippen LogP contribution is -1.94. The molecule has 0 aliphatic rings. The van der Waals surface area contributed by atoms with Gasteiger partial charge in [0.15, 0.2) is 0 Å². The fraction of sp³-hybridized carbons (Fsp3) is 0.235. The topological polar surface area (TPSA) is 24.4 Å². The third-order valence-electron chi connectivity index (χ3n) is 3.15. The molecular weight excluding hydrogens is 232 g/mol. The van der Waals surface area contributed by atoms with Crippen molar-refractivity contribution in [3.05, 3.63) is 59.7 Å². The zero-order valence-corrected chi connectivity index (χ0v) is 11.6. The van der Waals surface area contributed by atoms with Gasteiger partial charge in [-0.3, -0.25) is 0 Å². The van der Waals surface area contributed by atoms with Gasteiger partial charge in [0.2, 0.25) is 0 Å². The van der Waals surface area contributed by atoms with Crippen molar-refractivity contribution in [2.75, 3.05) is 5.32 Å². The van der Waals surface area contributed by atoms with Gasteiger partial charge in [-0.25, -0.2) is 4.99 Å². The summed E-state index contributed by atoms with van der Waals surface area (Å²) in [6.07, 6.45) is 3.87. The van der Waals surface area contributed by atoms with Crippen LogP contribution in [0.2, 0.25) is 0 Å². The normalized spacial score (nSPS) is 10.8. The molecule has 0 heterocycles. The molecule has 0 amide bonds. The second kappa shape index (κ2) is 6.74. The van der Waals surface area contributed by atoms with E-state index in [9.17, 15) is 0 Å². The first kappa shape index (κ1) is 13.3. The lowest BCUT2D eigenvalue weighted by Gasteiger charge is -2.02. The van der Waals surface area contributed by atoms with Crippen LogP contribution in [0.25, 0.3) is 0 Å². The Bertz CT molecular complexity index is 524. The highest BCUT2D eigenvalue weighted by atomic mass is 14.9. The van der Waals surface area contributed by atoms with E-state index in [2.05, 4.69) is 60.6 Å². The van der Waals surface area contributed by atoms with E-state index in [1.807, 2.05) is 12.1 Å². The Labute approximate surface area is 115 Å². The Morgan fingerprint density at radius 3 is 1.89 bits per heavy atom. The van der Waals surface area contributed by atoms with Gasteiger partial charge in [0.05, 0.1) is 12.0 Å². The second-order valence-electron chi connectivity index (χ2n) is 4.47. The van der Waals surface area contributed by atoms with E-state index < -0.39 is 0 Å². The van der Waals surface area contributed by atoms with Crippen LogP contribution in [-0.2, 0) is 12.8 Å². The van der Waals surface area contributed by atoms with Crippen LogP contribution in [0.1, 0.15) is 25.0 Å². The molecule has 2 aromatic rings. The van der Waals surface area contributed by atoms with Crippen LogP contribution < -0.4 is 5.32 Å². The molecule has 2 aromatic carbocycles. The average Bonchev–Trinajstić information content (AvgIpc) is 2.49. The molecule has 0 radical (unpaired) electrons. The molecule has 0 unspecified atom stereocenters. The van der Waals surface area contributed by atoms with Crippen molar-refractivity contribution in [3.8, 4) is 0 Å². The van der Waals surface area contributed by atoms with Gasteiger partial charge in [-0.05, 0) is 48.2 Å². The Morgan fingerprint density at radius 2 is 1.37 bits per heavy atom. The van der Waals surface area contributed by atoms with Crippen LogP contribution in [0.15, 0.2) is 53.5 Å². The van der Waals surface area contributed by atoms with Crippen molar-refractivity contribution in [2.45, 2.75) is 26.7 Å². The minimum absolute atomic E-state index is 0.967. The van der Waals surface area contributed by atoms with Crippen LogP contribution in [0.3, 0.4) is 0 Å². The van der Waals surface area contributed by atoms with E-state index in [1.54, 1.807) is 6.34 Å². The van der Waals surface area contributed by atoms with Gasteiger partial charge in [0, 0.05) is 5.69 Å². The van der Waals surface area contributed by atoms with Crippen LogP contribution in [0.5, 0.6) is 0 Å². The Hall–Kier alpha value is -2.09. The molecule has 2 heteroatoms. The number of hydrogen-bond donors (Lipinski definition) is 1. The maximum Gasteiger partial charge on any atom is 0.0930 e. The monoisotopic (exact) mass is 252 g/mol. The van der Waals surface area contributed by atoms with Crippen LogP contribution in [0, 0.1) is 0 Å². The Balaban J connectivity index is 1.94. The first-order valence-corrected chi connectivity index (χ1v) is 6.78. The van der Waals surface area contributed by atoms with Gasteiger partial charge in [0.25, 0.3) is 0 Å². The minimum atomic E-state index is 0.967. The zero-order chi connectivity index (χ0) is 13.5. The van der Waals surface area contributed by atoms with E-state index >= 15 is 0 Å². The molecule has 0 aliphatic carbocycles. The minimum Gasteiger partial charge on any atom is -0.346 e. The van der Waals surface area contributed by atoms with Crippen molar-refractivity contribution in [1.29, 1.82) is 0 Å². The first-order chi connectivity index (χ1) is 9.31. The van der Waals surface area contributed by atoms with Gasteiger partial charge in [0.1, 0.15) is 0 Å². The zero-order valence-electron chi connectivity index (χ0n) is 11.6. The summed E-state index contributed by atoms with van der Waals surface area (Å²) in [5.74, 6) is 0. The van der Waals surface area contributed by atoms with Crippen molar-refractivity contribution in [3.63, 3.8) is 0 Å². The first-order valence-electron chi connectivity index (χ1n) is 6.78. The molecule has 0 saturated heterocycles. The molecule has 2 rings (SSSR count). The van der Waals surface area contributed by atoms with E-state index in [-0.39, 0.29) is 0 Å². The quantitative estimate of drug-likeness (QED) is 0.611. The number of hydrogen-bond acceptors (Lipinski definition) is 1. The summed E-state index contributed by atoms with van der Waals surface area (Å²) in [6.45, 7) is 4.31. The van der Waals surface area contributed by atoms with Gasteiger partial charge in [-0.1, -0.05) is 38.1 Å². The third-order valence-corrected chi connectivity index (χ3v) is 3.15. The SMILES string of the molecule is CCc1ccc(N=CNc2ccc(CC)cc2)cc1. The summed E-state index contributed by atoms with van der Waals surface area (Å²) in [5, 5.41) is 3.18. The molecular formula is C17H20N2. The van der Waals surface area contributed by atoms with Gasteiger partial charge in [-0.15, -0.1) is 0 Å². The van der Waals surface area contributed by atoms with Gasteiger partial charge in [-0.2, -0.15) is 0 Å². The average molecular weight is 252 g/mol. The van der Waals surface area contributed by atoms with E-state index in [4.69, 9.17) is 0 Å². The van der Waals surface area contributed by atoms with Crippen molar-refractivity contribution in [2.24, 2.45) is 4.99 Å². The molecule has 2 nitrogen and oxygen atoms in total. The summed E-state index contributed by atoms with van der Waals surface area (Å²) in [6, 6.07) is 16.7. The molecule has 0 bridgehead atoms. The summed E-state index contributed by atoms with van der Waals surface area (Å²) in [7, 11) is 0.